The van der Waals surface area contributed by atoms with Gasteiger partial charge in [0.25, 0.3) is 0 Å². The summed E-state index contributed by atoms with van der Waals surface area (Å²) in [5.74, 6) is 4.53. The van der Waals surface area contributed by atoms with Crippen molar-refractivity contribution in [3.05, 3.63) is 0 Å². The molecule has 0 rings (SSSR count). The van der Waals surface area contributed by atoms with Gasteiger partial charge in [0.15, 0.2) is 0 Å². The quantitative estimate of drug-likeness (QED) is 0.503. The van der Waals surface area contributed by atoms with Crippen LogP contribution in [0.2, 0.25) is 0 Å². The summed E-state index contributed by atoms with van der Waals surface area (Å²) in [6.45, 7) is 4.86. The van der Waals surface area contributed by atoms with Crippen molar-refractivity contribution in [3.8, 4) is 0 Å². The van der Waals surface area contributed by atoms with Crippen LogP contribution < -0.4 is 0 Å². The van der Waals surface area contributed by atoms with Gasteiger partial charge in [-0.2, -0.15) is 23.5 Å². The van der Waals surface area contributed by atoms with E-state index in [1.54, 1.807) is 0 Å². The van der Waals surface area contributed by atoms with E-state index in [-0.39, 0.29) is 0 Å². The van der Waals surface area contributed by atoms with Crippen molar-refractivity contribution in [1.82, 2.24) is 0 Å². The molecule has 2 unspecified atom stereocenters. The molecule has 2 heteroatoms. The largest absolute Gasteiger partial charge is 0.165 e. The average molecular weight is 249 g/mol. The topological polar surface area (TPSA) is 0 Å². The maximum atomic E-state index is 2.43. The van der Waals surface area contributed by atoms with Gasteiger partial charge in [0.05, 0.1) is 0 Å². The Labute approximate surface area is 105 Å². The molecule has 2 atom stereocenters. The molecule has 92 valence electrons. The van der Waals surface area contributed by atoms with Crippen LogP contribution in [0, 0.1) is 11.8 Å². The van der Waals surface area contributed by atoms with E-state index in [0.29, 0.717) is 0 Å². The molecular formula is C13H28S2. The van der Waals surface area contributed by atoms with E-state index in [1.165, 1.54) is 43.6 Å². The summed E-state index contributed by atoms with van der Waals surface area (Å²) in [7, 11) is 0. The Bertz CT molecular complexity index is 126. The van der Waals surface area contributed by atoms with Gasteiger partial charge in [-0.05, 0) is 55.1 Å². The van der Waals surface area contributed by atoms with E-state index in [0.717, 1.165) is 11.8 Å². The van der Waals surface area contributed by atoms with Crippen LogP contribution in [0.5, 0.6) is 0 Å². The Morgan fingerprint density at radius 3 is 1.73 bits per heavy atom. The molecule has 0 bridgehead atoms. The zero-order valence-corrected chi connectivity index (χ0v) is 12.6. The lowest BCUT2D eigenvalue weighted by molar-refractivity contribution is 0.335. The third-order valence-corrected chi connectivity index (χ3v) is 4.63. The van der Waals surface area contributed by atoms with Gasteiger partial charge in [0.1, 0.15) is 0 Å². The van der Waals surface area contributed by atoms with Gasteiger partial charge in [-0.25, -0.2) is 0 Å². The fourth-order valence-electron chi connectivity index (χ4n) is 1.83. The predicted octanol–water partition coefficient (Wildman–Crippen LogP) is 4.94. The molecule has 0 heterocycles. The van der Waals surface area contributed by atoms with E-state index < -0.39 is 0 Å². The number of hydrogen-bond acceptors (Lipinski definition) is 2. The first-order valence-electron chi connectivity index (χ1n) is 6.20. The van der Waals surface area contributed by atoms with Gasteiger partial charge >= 0.3 is 0 Å². The minimum Gasteiger partial charge on any atom is -0.165 e. The fraction of sp³-hybridized carbons (Fsp3) is 1.00. The maximum absolute atomic E-state index is 2.43. The minimum atomic E-state index is 0.923. The number of unbranched alkanes of at least 4 members (excludes halogenated alkanes) is 1. The first-order valence-corrected chi connectivity index (χ1v) is 8.99. The van der Waals surface area contributed by atoms with E-state index >= 15 is 0 Å². The first kappa shape index (κ1) is 15.7. The molecule has 0 aromatic rings. The van der Waals surface area contributed by atoms with E-state index in [4.69, 9.17) is 0 Å². The van der Waals surface area contributed by atoms with Crippen LogP contribution in [-0.4, -0.2) is 24.0 Å². The molecule has 0 aromatic carbocycles. The van der Waals surface area contributed by atoms with Gasteiger partial charge < -0.3 is 0 Å². The Kier molecular flexibility index (Phi) is 11.7. The molecule has 0 saturated heterocycles. The van der Waals surface area contributed by atoms with Crippen molar-refractivity contribution in [2.75, 3.05) is 24.0 Å². The van der Waals surface area contributed by atoms with Crippen molar-refractivity contribution < 1.29 is 0 Å². The molecule has 0 saturated carbocycles. The van der Waals surface area contributed by atoms with Crippen LogP contribution >= 0.6 is 23.5 Å². The van der Waals surface area contributed by atoms with Crippen molar-refractivity contribution in [1.29, 1.82) is 0 Å². The lowest BCUT2D eigenvalue weighted by Gasteiger charge is -2.19. The Morgan fingerprint density at radius 1 is 0.733 bits per heavy atom. The van der Waals surface area contributed by atoms with Crippen molar-refractivity contribution in [2.45, 2.75) is 46.0 Å². The molecule has 0 aliphatic rings. The molecule has 0 amide bonds. The summed E-state index contributed by atoms with van der Waals surface area (Å²) in [5, 5.41) is 0. The van der Waals surface area contributed by atoms with E-state index in [9.17, 15) is 0 Å². The number of hydrogen-bond donors (Lipinski definition) is 0. The first-order chi connectivity index (χ1) is 7.22. The summed E-state index contributed by atoms with van der Waals surface area (Å²) in [4.78, 5) is 0. The van der Waals surface area contributed by atoms with Crippen LogP contribution in [0.25, 0.3) is 0 Å². The standard InChI is InChI=1S/C13H28S2/c1-12(8-5-6-10-14-3)13(2)9-7-11-15-4/h12-13H,5-11H2,1-4H3. The number of thioether (sulfide) groups is 2. The molecule has 15 heavy (non-hydrogen) atoms. The number of rotatable bonds is 10. The second-order valence-corrected chi connectivity index (χ2v) is 6.55. The van der Waals surface area contributed by atoms with Crippen LogP contribution in [0.4, 0.5) is 0 Å². The van der Waals surface area contributed by atoms with Gasteiger partial charge in [-0.15, -0.1) is 0 Å². The molecule has 0 nitrogen and oxygen atoms in total. The highest BCUT2D eigenvalue weighted by atomic mass is 32.2. The highest BCUT2D eigenvalue weighted by Gasteiger charge is 2.11. The Morgan fingerprint density at radius 2 is 1.20 bits per heavy atom. The fourth-order valence-corrected chi connectivity index (χ4v) is 2.78. The summed E-state index contributed by atoms with van der Waals surface area (Å²) < 4.78 is 0. The summed E-state index contributed by atoms with van der Waals surface area (Å²) in [6, 6.07) is 0. The van der Waals surface area contributed by atoms with Crippen LogP contribution in [0.15, 0.2) is 0 Å². The molecule has 0 radical (unpaired) electrons. The molecule has 0 aliphatic carbocycles. The molecule has 0 spiro atoms. The van der Waals surface area contributed by atoms with Crippen LogP contribution in [0.3, 0.4) is 0 Å². The summed E-state index contributed by atoms with van der Waals surface area (Å²) in [5.41, 5.74) is 0. The molecule has 0 aliphatic heterocycles. The minimum absolute atomic E-state index is 0.923. The third kappa shape index (κ3) is 9.62. The van der Waals surface area contributed by atoms with Crippen LogP contribution in [-0.2, 0) is 0 Å². The summed E-state index contributed by atoms with van der Waals surface area (Å²) >= 11 is 3.95. The summed E-state index contributed by atoms with van der Waals surface area (Å²) in [6.07, 6.45) is 11.5. The lowest BCUT2D eigenvalue weighted by atomic mass is 9.88. The van der Waals surface area contributed by atoms with Gasteiger partial charge in [0.2, 0.25) is 0 Å². The van der Waals surface area contributed by atoms with Gasteiger partial charge in [-0.3, -0.25) is 0 Å². The van der Waals surface area contributed by atoms with E-state index in [2.05, 4.69) is 26.4 Å². The third-order valence-electron chi connectivity index (χ3n) is 3.24. The Hall–Kier alpha value is 0.700. The van der Waals surface area contributed by atoms with E-state index in [1.807, 2.05) is 23.5 Å². The SMILES string of the molecule is CSCCCCC(C)C(C)CCCSC. The second-order valence-electron chi connectivity index (χ2n) is 4.58. The second kappa shape index (κ2) is 11.2. The smallest absolute Gasteiger partial charge is 0.00702 e. The van der Waals surface area contributed by atoms with Crippen molar-refractivity contribution >= 4 is 23.5 Å². The van der Waals surface area contributed by atoms with Crippen molar-refractivity contribution in [3.63, 3.8) is 0 Å². The highest BCUT2D eigenvalue weighted by Crippen LogP contribution is 2.23. The predicted molar refractivity (Wildman–Crippen MR) is 78.2 cm³/mol. The zero-order chi connectivity index (χ0) is 11.5. The average Bonchev–Trinajstić information content (AvgIpc) is 2.24. The maximum Gasteiger partial charge on any atom is -0.00702 e. The molecule has 0 aromatic heterocycles. The van der Waals surface area contributed by atoms with Gasteiger partial charge in [-0.1, -0.05) is 26.7 Å². The van der Waals surface area contributed by atoms with Crippen LogP contribution in [0.1, 0.15) is 46.0 Å². The molecular weight excluding hydrogens is 220 g/mol. The lowest BCUT2D eigenvalue weighted by Crippen LogP contribution is -2.08. The van der Waals surface area contributed by atoms with Gasteiger partial charge in [0, 0.05) is 0 Å². The Balaban J connectivity index is 3.38. The monoisotopic (exact) mass is 248 g/mol. The highest BCUT2D eigenvalue weighted by molar-refractivity contribution is 7.98. The molecule has 0 N–H and O–H groups in total. The van der Waals surface area contributed by atoms with Crippen molar-refractivity contribution in [2.24, 2.45) is 11.8 Å². The zero-order valence-electron chi connectivity index (χ0n) is 10.9. The normalized spacial score (nSPS) is 15.2. The molecule has 0 fully saturated rings.